The van der Waals surface area contributed by atoms with Crippen molar-refractivity contribution in [3.05, 3.63) is 54.1 Å². The number of likely N-dealkylation sites (tertiary alicyclic amines) is 1. The summed E-state index contributed by atoms with van der Waals surface area (Å²) in [7, 11) is 0. The highest BCUT2D eigenvalue weighted by atomic mass is 16.4. The fraction of sp³-hybridized carbons (Fsp3) is 0.312. The zero-order chi connectivity index (χ0) is 15.5. The van der Waals surface area contributed by atoms with E-state index >= 15 is 0 Å². The van der Waals surface area contributed by atoms with Gasteiger partial charge in [-0.1, -0.05) is 30.3 Å². The standard InChI is InChI=1S/C16H17N3O3/c20-15-7-6-13(10-18-11-17-8-14(18)16(21)22)19(15)9-12-4-2-1-3-5-12/h1-5,8,11,13H,6-7,9-10H2,(H,21,22)/t13-/m0/s1. The number of carbonyl (C=O) groups excluding carboxylic acids is 1. The van der Waals surface area contributed by atoms with Crippen LogP contribution < -0.4 is 0 Å². The minimum Gasteiger partial charge on any atom is -0.477 e. The Morgan fingerprint density at radius 3 is 2.82 bits per heavy atom. The predicted molar refractivity (Wildman–Crippen MR) is 79.2 cm³/mol. The number of carboxylic acid groups (broad SMARTS) is 1. The summed E-state index contributed by atoms with van der Waals surface area (Å²) in [6, 6.07) is 9.81. The third-order valence-corrected chi connectivity index (χ3v) is 3.99. The fourth-order valence-electron chi connectivity index (χ4n) is 2.85. The van der Waals surface area contributed by atoms with Gasteiger partial charge in [0.25, 0.3) is 0 Å². The first-order valence-corrected chi connectivity index (χ1v) is 7.22. The quantitative estimate of drug-likeness (QED) is 0.913. The van der Waals surface area contributed by atoms with Crippen molar-refractivity contribution in [3.63, 3.8) is 0 Å². The topological polar surface area (TPSA) is 75.4 Å². The van der Waals surface area contributed by atoms with E-state index in [0.717, 1.165) is 12.0 Å². The first kappa shape index (κ1) is 14.3. The first-order valence-electron chi connectivity index (χ1n) is 7.22. The number of aromatic carboxylic acids is 1. The van der Waals surface area contributed by atoms with E-state index in [1.165, 1.54) is 12.5 Å². The number of amides is 1. The van der Waals surface area contributed by atoms with Gasteiger partial charge in [0.1, 0.15) is 5.69 Å². The van der Waals surface area contributed by atoms with E-state index in [2.05, 4.69) is 4.98 Å². The average Bonchev–Trinajstić information content (AvgIpc) is 3.10. The van der Waals surface area contributed by atoms with E-state index in [1.807, 2.05) is 35.2 Å². The molecule has 114 valence electrons. The van der Waals surface area contributed by atoms with Gasteiger partial charge in [-0.05, 0) is 12.0 Å². The molecule has 1 aliphatic rings. The highest BCUT2D eigenvalue weighted by Crippen LogP contribution is 2.23. The molecule has 2 heterocycles. The van der Waals surface area contributed by atoms with Crippen LogP contribution in [0.25, 0.3) is 0 Å². The number of hydrogen-bond donors (Lipinski definition) is 1. The van der Waals surface area contributed by atoms with Crippen LogP contribution in [0, 0.1) is 0 Å². The van der Waals surface area contributed by atoms with Crippen LogP contribution >= 0.6 is 0 Å². The fourth-order valence-corrected chi connectivity index (χ4v) is 2.85. The molecule has 6 heteroatoms. The molecule has 22 heavy (non-hydrogen) atoms. The Morgan fingerprint density at radius 2 is 2.09 bits per heavy atom. The zero-order valence-electron chi connectivity index (χ0n) is 12.1. The van der Waals surface area contributed by atoms with Crippen LogP contribution in [0.1, 0.15) is 28.9 Å². The minimum absolute atomic E-state index is 0.00000567. The smallest absolute Gasteiger partial charge is 0.354 e. The largest absolute Gasteiger partial charge is 0.477 e. The third kappa shape index (κ3) is 2.86. The molecule has 1 aromatic carbocycles. The van der Waals surface area contributed by atoms with Gasteiger partial charge < -0.3 is 14.6 Å². The molecule has 1 aromatic heterocycles. The molecule has 1 atom stereocenters. The summed E-state index contributed by atoms with van der Waals surface area (Å²) in [5.41, 5.74) is 1.23. The van der Waals surface area contributed by atoms with Crippen LogP contribution in [0.2, 0.25) is 0 Å². The van der Waals surface area contributed by atoms with Gasteiger partial charge >= 0.3 is 5.97 Å². The van der Waals surface area contributed by atoms with Gasteiger partial charge in [-0.15, -0.1) is 0 Å². The van der Waals surface area contributed by atoms with Gasteiger partial charge in [-0.2, -0.15) is 0 Å². The second-order valence-corrected chi connectivity index (χ2v) is 5.44. The Labute approximate surface area is 128 Å². The number of imidazole rings is 1. The number of aromatic nitrogens is 2. The lowest BCUT2D eigenvalue weighted by Crippen LogP contribution is -2.35. The van der Waals surface area contributed by atoms with E-state index in [1.54, 1.807) is 4.57 Å². The maximum absolute atomic E-state index is 12.1. The number of hydrogen-bond acceptors (Lipinski definition) is 3. The number of rotatable bonds is 5. The SMILES string of the molecule is O=C(O)c1cncn1C[C@@H]1CCC(=O)N1Cc1ccccc1. The summed E-state index contributed by atoms with van der Waals surface area (Å²) in [6.07, 6.45) is 4.09. The first-order chi connectivity index (χ1) is 10.6. The lowest BCUT2D eigenvalue weighted by molar-refractivity contribution is -0.129. The Kier molecular flexibility index (Phi) is 3.91. The predicted octanol–water partition coefficient (Wildman–Crippen LogP) is 1.77. The summed E-state index contributed by atoms with van der Waals surface area (Å²) in [6.45, 7) is 1.02. The Bertz CT molecular complexity index is 681. The molecule has 1 N–H and O–H groups in total. The van der Waals surface area contributed by atoms with E-state index in [9.17, 15) is 9.59 Å². The second-order valence-electron chi connectivity index (χ2n) is 5.44. The molecule has 1 fully saturated rings. The van der Waals surface area contributed by atoms with Gasteiger partial charge in [0.15, 0.2) is 0 Å². The summed E-state index contributed by atoms with van der Waals surface area (Å²) in [5, 5.41) is 9.14. The second kappa shape index (κ2) is 6.01. The maximum atomic E-state index is 12.1. The molecule has 3 rings (SSSR count). The molecule has 6 nitrogen and oxygen atoms in total. The van der Waals surface area contributed by atoms with Crippen molar-refractivity contribution < 1.29 is 14.7 Å². The van der Waals surface area contributed by atoms with Crippen molar-refractivity contribution in [3.8, 4) is 0 Å². The summed E-state index contributed by atoms with van der Waals surface area (Å²) in [4.78, 5) is 29.0. The van der Waals surface area contributed by atoms with Crippen LogP contribution in [0.3, 0.4) is 0 Å². The molecular weight excluding hydrogens is 282 g/mol. The van der Waals surface area contributed by atoms with Crippen LogP contribution in [0.4, 0.5) is 0 Å². The van der Waals surface area contributed by atoms with E-state index in [-0.39, 0.29) is 17.6 Å². The highest BCUT2D eigenvalue weighted by molar-refractivity contribution is 5.85. The molecule has 0 radical (unpaired) electrons. The van der Waals surface area contributed by atoms with Crippen molar-refractivity contribution in [2.75, 3.05) is 0 Å². The third-order valence-electron chi connectivity index (χ3n) is 3.99. The van der Waals surface area contributed by atoms with E-state index in [4.69, 9.17) is 5.11 Å². The van der Waals surface area contributed by atoms with Crippen molar-refractivity contribution in [1.82, 2.24) is 14.5 Å². The Hall–Kier alpha value is -2.63. The molecule has 1 saturated heterocycles. The molecule has 0 bridgehead atoms. The number of carboxylic acids is 1. The Balaban J connectivity index is 1.76. The maximum Gasteiger partial charge on any atom is 0.354 e. The van der Waals surface area contributed by atoms with Gasteiger partial charge in [0.05, 0.1) is 18.6 Å². The molecule has 1 amide bonds. The normalized spacial score (nSPS) is 17.9. The minimum atomic E-state index is -1.00. The van der Waals surface area contributed by atoms with E-state index in [0.29, 0.717) is 19.5 Å². The lowest BCUT2D eigenvalue weighted by atomic mass is 10.2. The average molecular weight is 299 g/mol. The van der Waals surface area contributed by atoms with Crippen molar-refractivity contribution >= 4 is 11.9 Å². The van der Waals surface area contributed by atoms with Crippen LogP contribution in [0.15, 0.2) is 42.9 Å². The Morgan fingerprint density at radius 1 is 1.32 bits per heavy atom. The molecule has 0 spiro atoms. The van der Waals surface area contributed by atoms with Crippen LogP contribution in [-0.4, -0.2) is 37.5 Å². The molecule has 0 aliphatic carbocycles. The van der Waals surface area contributed by atoms with Gasteiger partial charge in [0, 0.05) is 19.5 Å². The number of carbonyl (C=O) groups is 2. The molecule has 1 aliphatic heterocycles. The van der Waals surface area contributed by atoms with Gasteiger partial charge in [-0.25, -0.2) is 9.78 Å². The van der Waals surface area contributed by atoms with Crippen molar-refractivity contribution in [1.29, 1.82) is 0 Å². The molecule has 0 unspecified atom stereocenters. The van der Waals surface area contributed by atoms with Gasteiger partial charge in [-0.3, -0.25) is 4.79 Å². The molecule has 2 aromatic rings. The van der Waals surface area contributed by atoms with E-state index < -0.39 is 5.97 Å². The number of nitrogens with zero attached hydrogens (tertiary/aromatic N) is 3. The zero-order valence-corrected chi connectivity index (χ0v) is 12.1. The molecular formula is C16H17N3O3. The molecule has 0 saturated carbocycles. The van der Waals surface area contributed by atoms with Gasteiger partial charge in [0.2, 0.25) is 5.91 Å². The monoisotopic (exact) mass is 299 g/mol. The number of benzene rings is 1. The summed E-state index contributed by atoms with van der Waals surface area (Å²) >= 11 is 0. The highest BCUT2D eigenvalue weighted by Gasteiger charge is 2.31. The summed E-state index contributed by atoms with van der Waals surface area (Å²) in [5.74, 6) is -0.887. The van der Waals surface area contributed by atoms with Crippen LogP contribution in [-0.2, 0) is 17.9 Å². The van der Waals surface area contributed by atoms with Crippen molar-refractivity contribution in [2.45, 2.75) is 32.0 Å². The van der Waals surface area contributed by atoms with Crippen LogP contribution in [0.5, 0.6) is 0 Å². The van der Waals surface area contributed by atoms with Crippen molar-refractivity contribution in [2.24, 2.45) is 0 Å². The lowest BCUT2D eigenvalue weighted by Gasteiger charge is -2.25. The summed E-state index contributed by atoms with van der Waals surface area (Å²) < 4.78 is 1.60.